The van der Waals surface area contributed by atoms with Crippen LogP contribution in [-0.4, -0.2) is 35.7 Å². The van der Waals surface area contributed by atoms with Crippen molar-refractivity contribution in [2.24, 2.45) is 5.10 Å². The van der Waals surface area contributed by atoms with Gasteiger partial charge in [-0.2, -0.15) is 5.10 Å². The number of amides is 3. The summed E-state index contributed by atoms with van der Waals surface area (Å²) in [5, 5.41) is 8.02. The van der Waals surface area contributed by atoms with Crippen LogP contribution in [0.25, 0.3) is 0 Å². The van der Waals surface area contributed by atoms with E-state index in [1.165, 1.54) is 0 Å². The molecule has 1 heterocycles. The Bertz CT molecular complexity index is 887. The van der Waals surface area contributed by atoms with E-state index in [9.17, 15) is 9.59 Å². The van der Waals surface area contributed by atoms with Crippen molar-refractivity contribution >= 4 is 29.5 Å². The van der Waals surface area contributed by atoms with Gasteiger partial charge in [0.05, 0.1) is 6.21 Å². The first-order chi connectivity index (χ1) is 13.6. The first-order valence-electron chi connectivity index (χ1n) is 9.69. The fraction of sp³-hybridized carbons (Fsp3) is 0.318. The molecule has 1 saturated heterocycles. The average Bonchev–Trinajstić information content (AvgIpc) is 2.96. The molecular formula is C22H24N4O2. The molecule has 1 aliphatic carbocycles. The molecule has 6 nitrogen and oxygen atoms in total. The molecule has 1 spiro atoms. The van der Waals surface area contributed by atoms with Gasteiger partial charge in [-0.1, -0.05) is 49.6 Å². The van der Waals surface area contributed by atoms with E-state index in [0.29, 0.717) is 12.8 Å². The van der Waals surface area contributed by atoms with Crippen molar-refractivity contribution in [1.29, 1.82) is 0 Å². The van der Waals surface area contributed by atoms with E-state index in [0.717, 1.165) is 41.2 Å². The van der Waals surface area contributed by atoms with E-state index in [4.69, 9.17) is 0 Å². The van der Waals surface area contributed by atoms with Crippen LogP contribution in [0, 0.1) is 0 Å². The molecule has 144 valence electrons. The largest absolute Gasteiger partial charge is 0.346 e. The maximum absolute atomic E-state index is 12.7. The zero-order valence-electron chi connectivity index (χ0n) is 16.0. The SMILES string of the molecule is CN(c1ccccc1)c1ccc(/C=N\N2C(=O)NC3(CCCCC3)C2=O)cc1. The van der Waals surface area contributed by atoms with Crippen molar-refractivity contribution in [1.82, 2.24) is 10.3 Å². The number of hydrogen-bond acceptors (Lipinski definition) is 4. The van der Waals surface area contributed by atoms with Crippen LogP contribution in [0.4, 0.5) is 16.2 Å². The van der Waals surface area contributed by atoms with Crippen molar-refractivity contribution in [2.45, 2.75) is 37.6 Å². The molecule has 2 fully saturated rings. The summed E-state index contributed by atoms with van der Waals surface area (Å²) in [4.78, 5) is 27.1. The zero-order valence-corrected chi connectivity index (χ0v) is 16.0. The standard InChI is InChI=1S/C22H24N4O2/c1-25(18-8-4-2-5-9-18)19-12-10-17(11-13-19)16-23-26-20(27)22(24-21(26)28)14-6-3-7-15-22/h2,4-5,8-13,16H,3,6-7,14-15H2,1H3,(H,24,28)/b23-16-. The van der Waals surface area contributed by atoms with Crippen LogP contribution in [0.3, 0.4) is 0 Å². The van der Waals surface area contributed by atoms with Crippen LogP contribution < -0.4 is 10.2 Å². The Labute approximate surface area is 164 Å². The molecule has 0 unspecified atom stereocenters. The third-order valence-corrected chi connectivity index (χ3v) is 5.59. The van der Waals surface area contributed by atoms with Crippen molar-refractivity contribution in [3.63, 3.8) is 0 Å². The smallest absolute Gasteiger partial charge is 0.345 e. The molecule has 6 heteroatoms. The lowest BCUT2D eigenvalue weighted by molar-refractivity contribution is -0.132. The number of nitrogens with one attached hydrogen (secondary N) is 1. The maximum Gasteiger partial charge on any atom is 0.346 e. The number of carbonyl (C=O) groups excluding carboxylic acids is 2. The van der Waals surface area contributed by atoms with Crippen molar-refractivity contribution in [2.75, 3.05) is 11.9 Å². The normalized spacial score (nSPS) is 18.7. The monoisotopic (exact) mass is 376 g/mol. The van der Waals surface area contributed by atoms with Crippen LogP contribution in [0.5, 0.6) is 0 Å². The number of urea groups is 1. The number of imide groups is 1. The van der Waals surface area contributed by atoms with Gasteiger partial charge < -0.3 is 10.2 Å². The summed E-state index contributed by atoms with van der Waals surface area (Å²) in [6, 6.07) is 17.5. The molecule has 2 aromatic carbocycles. The molecule has 1 aliphatic heterocycles. The fourth-order valence-electron chi connectivity index (χ4n) is 3.91. The summed E-state index contributed by atoms with van der Waals surface area (Å²) in [6.45, 7) is 0. The Kier molecular flexibility index (Phi) is 4.86. The Morgan fingerprint density at radius 3 is 2.29 bits per heavy atom. The molecule has 0 aromatic heterocycles. The van der Waals surface area contributed by atoms with Gasteiger partial charge in [0.1, 0.15) is 5.54 Å². The van der Waals surface area contributed by atoms with Crippen LogP contribution >= 0.6 is 0 Å². The van der Waals surface area contributed by atoms with E-state index in [1.54, 1.807) is 6.21 Å². The third-order valence-electron chi connectivity index (χ3n) is 5.59. The predicted molar refractivity (Wildman–Crippen MR) is 110 cm³/mol. The molecule has 0 bridgehead atoms. The van der Waals surface area contributed by atoms with E-state index >= 15 is 0 Å². The van der Waals surface area contributed by atoms with Crippen molar-refractivity contribution in [3.8, 4) is 0 Å². The quantitative estimate of drug-likeness (QED) is 0.647. The van der Waals surface area contributed by atoms with Gasteiger partial charge in [-0.15, -0.1) is 5.01 Å². The lowest BCUT2D eigenvalue weighted by Crippen LogP contribution is -2.48. The van der Waals surface area contributed by atoms with Gasteiger partial charge in [-0.05, 0) is 42.7 Å². The fourth-order valence-corrected chi connectivity index (χ4v) is 3.91. The molecule has 0 radical (unpaired) electrons. The molecule has 1 N–H and O–H groups in total. The third kappa shape index (κ3) is 3.38. The van der Waals surface area contributed by atoms with Gasteiger partial charge >= 0.3 is 6.03 Å². The van der Waals surface area contributed by atoms with Crippen molar-refractivity contribution < 1.29 is 9.59 Å². The second-order valence-electron chi connectivity index (χ2n) is 7.42. The van der Waals surface area contributed by atoms with Crippen LogP contribution in [0.2, 0.25) is 0 Å². The molecule has 28 heavy (non-hydrogen) atoms. The first kappa shape index (κ1) is 18.2. The topological polar surface area (TPSA) is 65.0 Å². The highest BCUT2D eigenvalue weighted by molar-refractivity contribution is 6.07. The Hall–Kier alpha value is -3.15. The summed E-state index contributed by atoms with van der Waals surface area (Å²) < 4.78 is 0. The van der Waals surface area contributed by atoms with Crippen LogP contribution in [0.15, 0.2) is 59.7 Å². The molecule has 1 saturated carbocycles. The molecule has 4 rings (SSSR count). The number of nitrogens with zero attached hydrogens (tertiary/aromatic N) is 3. The summed E-state index contributed by atoms with van der Waals surface area (Å²) in [7, 11) is 2.01. The predicted octanol–water partition coefficient (Wildman–Crippen LogP) is 4.04. The lowest BCUT2D eigenvalue weighted by atomic mass is 9.82. The molecular weight excluding hydrogens is 352 g/mol. The summed E-state index contributed by atoms with van der Waals surface area (Å²) in [5.74, 6) is -0.228. The lowest BCUT2D eigenvalue weighted by Gasteiger charge is -2.29. The number of rotatable bonds is 4. The van der Waals surface area contributed by atoms with Gasteiger partial charge in [-0.3, -0.25) is 4.79 Å². The minimum Gasteiger partial charge on any atom is -0.345 e. The first-order valence-corrected chi connectivity index (χ1v) is 9.69. The highest BCUT2D eigenvalue weighted by Crippen LogP contribution is 2.33. The van der Waals surface area contributed by atoms with Crippen LogP contribution in [-0.2, 0) is 4.79 Å². The molecule has 2 aliphatic rings. The Morgan fingerprint density at radius 2 is 1.61 bits per heavy atom. The molecule has 0 atom stereocenters. The van der Waals surface area contributed by atoms with Gasteiger partial charge in [0.15, 0.2) is 0 Å². The number of para-hydroxylation sites is 1. The highest BCUT2D eigenvalue weighted by Gasteiger charge is 2.51. The number of carbonyl (C=O) groups is 2. The van der Waals surface area contributed by atoms with E-state index in [-0.39, 0.29) is 5.91 Å². The number of benzene rings is 2. The number of anilines is 2. The number of hydrazone groups is 1. The number of hydrogen-bond donors (Lipinski definition) is 1. The van der Waals surface area contributed by atoms with Crippen LogP contribution in [0.1, 0.15) is 37.7 Å². The maximum atomic E-state index is 12.7. The second-order valence-corrected chi connectivity index (χ2v) is 7.42. The van der Waals surface area contributed by atoms with Gasteiger partial charge in [0, 0.05) is 18.4 Å². The molecule has 3 amide bonds. The van der Waals surface area contributed by atoms with Crippen molar-refractivity contribution in [3.05, 3.63) is 60.2 Å². The zero-order chi connectivity index (χ0) is 19.6. The van der Waals surface area contributed by atoms with Gasteiger partial charge in [-0.25, -0.2) is 4.79 Å². The molecule has 2 aromatic rings. The van der Waals surface area contributed by atoms with E-state index in [1.807, 2.05) is 61.6 Å². The van der Waals surface area contributed by atoms with Gasteiger partial charge in [0.25, 0.3) is 5.91 Å². The van der Waals surface area contributed by atoms with E-state index in [2.05, 4.69) is 15.3 Å². The highest BCUT2D eigenvalue weighted by atomic mass is 16.2. The minimum atomic E-state index is -0.741. The summed E-state index contributed by atoms with van der Waals surface area (Å²) >= 11 is 0. The van der Waals surface area contributed by atoms with E-state index < -0.39 is 11.6 Å². The van der Waals surface area contributed by atoms with Gasteiger partial charge in [0.2, 0.25) is 0 Å². The summed E-state index contributed by atoms with van der Waals surface area (Å²) in [5.41, 5.74) is 2.23. The minimum absolute atomic E-state index is 0.228. The second kappa shape index (κ2) is 7.46. The summed E-state index contributed by atoms with van der Waals surface area (Å²) in [6.07, 6.45) is 5.98. The Morgan fingerprint density at radius 1 is 0.964 bits per heavy atom. The Balaban J connectivity index is 1.46. The average molecular weight is 376 g/mol.